The van der Waals surface area contributed by atoms with E-state index in [0.717, 1.165) is 19.6 Å². The van der Waals surface area contributed by atoms with Crippen molar-refractivity contribution in [2.45, 2.75) is 71.1 Å². The molecule has 0 aliphatic carbocycles. The normalized spacial score (nSPS) is 25.4. The Morgan fingerprint density at radius 2 is 1.46 bits per heavy atom. The number of rotatable bonds is 2. The highest BCUT2D eigenvalue weighted by molar-refractivity contribution is 5.85. The second-order valence-electron chi connectivity index (χ2n) is 9.95. The van der Waals surface area contributed by atoms with Crippen LogP contribution in [-0.2, 0) is 9.53 Å². The average Bonchev–Trinajstić information content (AvgIpc) is 2.65. The Morgan fingerprint density at radius 1 is 0.821 bits per heavy atom. The summed E-state index contributed by atoms with van der Waals surface area (Å²) in [5.41, 5.74) is -1.03. The molecule has 3 fully saturated rings. The van der Waals surface area contributed by atoms with E-state index in [1.165, 1.54) is 25.8 Å². The van der Waals surface area contributed by atoms with E-state index in [1.54, 1.807) is 4.90 Å². The molecule has 0 unspecified atom stereocenters. The first-order chi connectivity index (χ1) is 13.1. The minimum Gasteiger partial charge on any atom is -0.444 e. The zero-order chi connectivity index (χ0) is 20.5. The molecule has 1 atom stereocenters. The Morgan fingerprint density at radius 3 is 2.11 bits per heavy atom. The molecule has 3 aliphatic heterocycles. The molecule has 7 heteroatoms. The summed E-state index contributed by atoms with van der Waals surface area (Å²) in [6.45, 7) is 16.2. The summed E-state index contributed by atoms with van der Waals surface area (Å²) in [5.74, 6) is 0.225. The zero-order valence-corrected chi connectivity index (χ0v) is 18.4. The molecule has 3 aliphatic rings. The average molecular weight is 395 g/mol. The molecule has 3 rings (SSSR count). The van der Waals surface area contributed by atoms with Crippen molar-refractivity contribution in [3.05, 3.63) is 0 Å². The summed E-state index contributed by atoms with van der Waals surface area (Å²) in [5, 5.41) is 0. The summed E-state index contributed by atoms with van der Waals surface area (Å²) in [6, 6.07) is 0.534. The van der Waals surface area contributed by atoms with E-state index in [0.29, 0.717) is 32.2 Å². The second-order valence-corrected chi connectivity index (χ2v) is 9.95. The first-order valence-electron chi connectivity index (χ1n) is 10.8. The van der Waals surface area contributed by atoms with Crippen molar-refractivity contribution in [3.8, 4) is 0 Å². The van der Waals surface area contributed by atoms with Crippen molar-refractivity contribution in [3.63, 3.8) is 0 Å². The van der Waals surface area contributed by atoms with Gasteiger partial charge in [-0.3, -0.25) is 14.6 Å². The third kappa shape index (κ3) is 4.79. The van der Waals surface area contributed by atoms with Crippen molar-refractivity contribution in [1.29, 1.82) is 0 Å². The molecule has 2 amide bonds. The van der Waals surface area contributed by atoms with Gasteiger partial charge in [0, 0.05) is 51.9 Å². The molecular weight excluding hydrogens is 356 g/mol. The number of ether oxygens (including phenoxy) is 1. The number of piperidine rings is 1. The van der Waals surface area contributed by atoms with Crippen LogP contribution in [0.15, 0.2) is 0 Å². The molecule has 0 aromatic rings. The Kier molecular flexibility index (Phi) is 6.25. The van der Waals surface area contributed by atoms with Crippen LogP contribution in [0.25, 0.3) is 0 Å². The van der Waals surface area contributed by atoms with Gasteiger partial charge in [0.25, 0.3) is 0 Å². The molecule has 0 radical (unpaired) electrons. The number of hydrogen-bond acceptors (Lipinski definition) is 5. The Hall–Kier alpha value is -1.34. The van der Waals surface area contributed by atoms with Gasteiger partial charge in [-0.15, -0.1) is 0 Å². The molecule has 28 heavy (non-hydrogen) atoms. The first kappa shape index (κ1) is 21.4. The fourth-order valence-electron chi connectivity index (χ4n) is 4.64. The molecule has 0 spiro atoms. The van der Waals surface area contributed by atoms with Crippen LogP contribution in [0.2, 0.25) is 0 Å². The highest BCUT2D eigenvalue weighted by atomic mass is 16.6. The molecule has 0 aromatic heterocycles. The quantitative estimate of drug-likeness (QED) is 0.717. The topological polar surface area (TPSA) is 56.3 Å². The van der Waals surface area contributed by atoms with Gasteiger partial charge in [0.15, 0.2) is 0 Å². The first-order valence-corrected chi connectivity index (χ1v) is 10.8. The largest absolute Gasteiger partial charge is 0.444 e. The van der Waals surface area contributed by atoms with E-state index in [4.69, 9.17) is 4.74 Å². The third-order valence-corrected chi connectivity index (χ3v) is 6.37. The standard InChI is InChI=1S/C21H38N4O3/c1-20(2,3)28-19(27)23-12-14-25(15-13-23)21(4,5)18(26)24-11-10-22-9-7-6-8-17(22)16-24/h17H,6-16H2,1-5H3/t17-/m1/s1. The van der Waals surface area contributed by atoms with Gasteiger partial charge in [-0.05, 0) is 54.0 Å². The lowest BCUT2D eigenvalue weighted by Crippen LogP contribution is -2.65. The Bertz CT molecular complexity index is 579. The molecule has 0 saturated carbocycles. The summed E-state index contributed by atoms with van der Waals surface area (Å²) >= 11 is 0. The van der Waals surface area contributed by atoms with Crippen LogP contribution in [0.3, 0.4) is 0 Å². The van der Waals surface area contributed by atoms with Gasteiger partial charge in [0.05, 0.1) is 5.54 Å². The Labute approximate surface area is 169 Å². The lowest BCUT2D eigenvalue weighted by molar-refractivity contribution is -0.147. The van der Waals surface area contributed by atoms with E-state index in [9.17, 15) is 9.59 Å². The number of piperazine rings is 2. The predicted molar refractivity (Wildman–Crippen MR) is 109 cm³/mol. The van der Waals surface area contributed by atoms with Crippen LogP contribution in [0.4, 0.5) is 4.79 Å². The van der Waals surface area contributed by atoms with Gasteiger partial charge in [-0.25, -0.2) is 4.79 Å². The van der Waals surface area contributed by atoms with Gasteiger partial charge in [0.1, 0.15) is 5.60 Å². The smallest absolute Gasteiger partial charge is 0.410 e. The summed E-state index contributed by atoms with van der Waals surface area (Å²) in [6.07, 6.45) is 3.51. The fourth-order valence-corrected chi connectivity index (χ4v) is 4.64. The number of carbonyl (C=O) groups is 2. The minimum atomic E-state index is -0.545. The van der Waals surface area contributed by atoms with Crippen LogP contribution >= 0.6 is 0 Å². The molecule has 0 N–H and O–H groups in total. The maximum absolute atomic E-state index is 13.4. The zero-order valence-electron chi connectivity index (χ0n) is 18.4. The highest BCUT2D eigenvalue weighted by Gasteiger charge is 2.42. The molecule has 0 aromatic carbocycles. The third-order valence-electron chi connectivity index (χ3n) is 6.37. The van der Waals surface area contributed by atoms with E-state index >= 15 is 0 Å². The van der Waals surface area contributed by atoms with Gasteiger partial charge in [-0.2, -0.15) is 0 Å². The van der Waals surface area contributed by atoms with E-state index in [-0.39, 0.29) is 12.0 Å². The predicted octanol–water partition coefficient (Wildman–Crippen LogP) is 2.01. The number of nitrogens with zero attached hydrogens (tertiary/aromatic N) is 4. The number of hydrogen-bond donors (Lipinski definition) is 0. The summed E-state index contributed by atoms with van der Waals surface area (Å²) in [7, 11) is 0. The monoisotopic (exact) mass is 394 g/mol. The molecule has 3 saturated heterocycles. The minimum absolute atomic E-state index is 0.225. The molecule has 0 bridgehead atoms. The van der Waals surface area contributed by atoms with Crippen LogP contribution in [0.5, 0.6) is 0 Å². The van der Waals surface area contributed by atoms with Gasteiger partial charge < -0.3 is 14.5 Å². The summed E-state index contributed by atoms with van der Waals surface area (Å²) in [4.78, 5) is 34.3. The van der Waals surface area contributed by atoms with E-state index < -0.39 is 11.1 Å². The number of carbonyl (C=O) groups excluding carboxylic acids is 2. The van der Waals surface area contributed by atoms with Crippen molar-refractivity contribution >= 4 is 12.0 Å². The van der Waals surface area contributed by atoms with Crippen molar-refractivity contribution in [2.75, 3.05) is 52.4 Å². The maximum atomic E-state index is 13.4. The van der Waals surface area contributed by atoms with Crippen LogP contribution in [0.1, 0.15) is 53.9 Å². The fraction of sp³-hybridized carbons (Fsp3) is 0.905. The van der Waals surface area contributed by atoms with Crippen LogP contribution in [-0.4, -0.2) is 101 Å². The maximum Gasteiger partial charge on any atom is 0.410 e. The van der Waals surface area contributed by atoms with Crippen molar-refractivity contribution < 1.29 is 14.3 Å². The molecular formula is C21H38N4O3. The molecule has 7 nitrogen and oxygen atoms in total. The lowest BCUT2D eigenvalue weighted by Gasteiger charge is -2.48. The van der Waals surface area contributed by atoms with Crippen LogP contribution in [0, 0.1) is 0 Å². The summed E-state index contributed by atoms with van der Waals surface area (Å²) < 4.78 is 5.48. The molecule has 160 valence electrons. The van der Waals surface area contributed by atoms with Crippen LogP contribution < -0.4 is 0 Å². The van der Waals surface area contributed by atoms with Gasteiger partial charge in [-0.1, -0.05) is 6.42 Å². The molecule has 3 heterocycles. The Balaban J connectivity index is 1.54. The highest BCUT2D eigenvalue weighted by Crippen LogP contribution is 2.26. The SMILES string of the molecule is CC(C)(C)OC(=O)N1CCN(C(C)(C)C(=O)N2CCN3CCCC[C@@H]3C2)CC1. The van der Waals surface area contributed by atoms with E-state index in [1.807, 2.05) is 34.6 Å². The van der Waals surface area contributed by atoms with Gasteiger partial charge >= 0.3 is 6.09 Å². The lowest BCUT2D eigenvalue weighted by atomic mass is 9.95. The van der Waals surface area contributed by atoms with Gasteiger partial charge in [0.2, 0.25) is 5.91 Å². The number of amides is 2. The van der Waals surface area contributed by atoms with Crippen molar-refractivity contribution in [1.82, 2.24) is 19.6 Å². The van der Waals surface area contributed by atoms with E-state index in [2.05, 4.69) is 14.7 Å². The second kappa shape index (κ2) is 8.19. The number of fused-ring (bicyclic) bond motifs is 1. The van der Waals surface area contributed by atoms with Crippen molar-refractivity contribution in [2.24, 2.45) is 0 Å².